The summed E-state index contributed by atoms with van der Waals surface area (Å²) in [5.74, 6) is 0. The van der Waals surface area contributed by atoms with Gasteiger partial charge < -0.3 is 54.2 Å². The lowest BCUT2D eigenvalue weighted by molar-refractivity contribution is 0.666. The number of benzene rings is 21. The van der Waals surface area contributed by atoms with Crippen molar-refractivity contribution in [3.05, 3.63) is 442 Å². The van der Waals surface area contributed by atoms with Gasteiger partial charge in [0, 0.05) is 218 Å². The first kappa shape index (κ1) is 79.4. The van der Waals surface area contributed by atoms with Gasteiger partial charge in [-0.2, -0.15) is 0 Å². The number of nitrogens with zero attached hydrogens (tertiary/aromatic N) is 8. The van der Waals surface area contributed by atoms with Gasteiger partial charge in [-0.1, -0.05) is 243 Å². The van der Waals surface area contributed by atoms with Gasteiger partial charge in [-0.05, 0) is 194 Å². The molecule has 0 spiro atoms. The average Bonchev–Trinajstić information content (AvgIpc) is 1.56. The summed E-state index contributed by atoms with van der Waals surface area (Å²) >= 11 is 0. The molecule has 12 nitrogen and oxygen atoms in total. The van der Waals surface area contributed by atoms with E-state index in [0.29, 0.717) is 0 Å². The van der Waals surface area contributed by atoms with Gasteiger partial charge in [0.25, 0.3) is 0 Å². The van der Waals surface area contributed by atoms with Crippen LogP contribution in [-0.2, 0) is 21.1 Å². The summed E-state index contributed by atoms with van der Waals surface area (Å²) in [4.78, 5) is 0. The molecule has 12 heterocycles. The molecule has 21 aromatic carbocycles. The van der Waals surface area contributed by atoms with Crippen LogP contribution in [0.2, 0.25) is 0 Å². The van der Waals surface area contributed by atoms with Crippen LogP contribution in [0.3, 0.4) is 0 Å². The molecule has 668 valence electrons. The van der Waals surface area contributed by atoms with E-state index in [1.54, 1.807) is 0 Å². The first-order chi connectivity index (χ1) is 70.2. The van der Waals surface area contributed by atoms with Crippen molar-refractivity contribution in [2.75, 3.05) is 0 Å². The Bertz CT molecular complexity index is 11200. The van der Waals surface area contributed by atoms with E-state index in [2.05, 4.69) is 453 Å². The zero-order chi connectivity index (χ0) is 93.5. The Morgan fingerprint density at radius 3 is 0.775 bits per heavy atom. The molecule has 12 heteroatoms. The summed E-state index contributed by atoms with van der Waals surface area (Å²) in [6.45, 7) is 2.15. The third-order valence-corrected chi connectivity index (χ3v) is 30.4. The fraction of sp³-hybridized carbons (Fsp3) is 0.0308. The van der Waals surface area contributed by atoms with Crippen molar-refractivity contribution < 1.29 is 17.7 Å². The highest BCUT2D eigenvalue weighted by Crippen LogP contribution is 2.50. The second-order valence-corrected chi connectivity index (χ2v) is 37.8. The Morgan fingerprint density at radius 1 is 0.148 bits per heavy atom. The molecule has 0 bridgehead atoms. The minimum Gasteiger partial charge on any atom is -0.456 e. The molecule has 0 saturated carbocycles. The first-order valence-corrected chi connectivity index (χ1v) is 48.5. The maximum Gasteiger partial charge on any atom is 0.159 e. The molecule has 0 radical (unpaired) electrons. The van der Waals surface area contributed by atoms with Crippen molar-refractivity contribution in [2.45, 2.75) is 6.92 Å². The van der Waals surface area contributed by atoms with Crippen molar-refractivity contribution >= 4 is 262 Å². The highest BCUT2D eigenvalue weighted by Gasteiger charge is 2.28. The number of rotatable bonds is 5. The SMILES string of the molecule is Cc1cccc(-n2c3ccccc3c3c4c5ccccc5n(-c5ccc6c(c5)oc5ccccc56)c4ccc32)c1.Cn1c2ccccc2c2c3c4ccccc4n(-c4ccc5c(c4)oc4ccccc45)c3ccc21.Cn1c2ccccc2c2c3c4ccccc4n(-c4ccc5oc6ccccc6c5c4)c3ccc21.Cn1c2ccccc2c2c3c4ccccc4n(-c4cccc5c4oc4ccccc45)c3ccc21. The predicted molar refractivity (Wildman–Crippen MR) is 593 cm³/mol. The van der Waals surface area contributed by atoms with Crippen LogP contribution in [0.25, 0.3) is 291 Å². The normalized spacial score (nSPS) is 12.2. The minimum absolute atomic E-state index is 0.904. The van der Waals surface area contributed by atoms with E-state index < -0.39 is 0 Å². The minimum atomic E-state index is 0.904. The lowest BCUT2D eigenvalue weighted by Gasteiger charge is -2.10. The summed E-state index contributed by atoms with van der Waals surface area (Å²) in [6.07, 6.45) is 0. The van der Waals surface area contributed by atoms with Gasteiger partial charge in [0.2, 0.25) is 0 Å². The Labute approximate surface area is 809 Å². The molecule has 142 heavy (non-hydrogen) atoms. The summed E-state index contributed by atoms with van der Waals surface area (Å²) in [6, 6.07) is 156. The van der Waals surface area contributed by atoms with Crippen LogP contribution in [0.15, 0.2) is 454 Å². The Morgan fingerprint density at radius 2 is 0.394 bits per heavy atom. The number of aryl methyl sites for hydroxylation is 4. The number of para-hydroxylation sites is 13. The Balaban J connectivity index is 0.0000000888. The van der Waals surface area contributed by atoms with Gasteiger partial charge in [0.05, 0.1) is 60.9 Å². The molecule has 0 N–H and O–H groups in total. The van der Waals surface area contributed by atoms with Crippen LogP contribution in [0.1, 0.15) is 5.56 Å². The molecule has 0 aliphatic heterocycles. The van der Waals surface area contributed by atoms with Crippen molar-refractivity contribution in [3.63, 3.8) is 0 Å². The molecule has 0 saturated heterocycles. The van der Waals surface area contributed by atoms with Crippen LogP contribution < -0.4 is 0 Å². The van der Waals surface area contributed by atoms with Gasteiger partial charge in [0.15, 0.2) is 5.58 Å². The smallest absolute Gasteiger partial charge is 0.159 e. The van der Waals surface area contributed by atoms with E-state index in [4.69, 9.17) is 17.7 Å². The third kappa shape index (κ3) is 11.4. The molecule has 33 aromatic rings. The second-order valence-electron chi connectivity index (χ2n) is 37.8. The average molecular weight is 1820 g/mol. The Kier molecular flexibility index (Phi) is 17.0. The lowest BCUT2D eigenvalue weighted by atomic mass is 10.1. The van der Waals surface area contributed by atoms with Crippen LogP contribution >= 0.6 is 0 Å². The maximum atomic E-state index is 6.44. The summed E-state index contributed by atoms with van der Waals surface area (Å²) in [7, 11) is 6.48. The van der Waals surface area contributed by atoms with Crippen LogP contribution in [0.5, 0.6) is 0 Å². The summed E-state index contributed by atoms with van der Waals surface area (Å²) in [5.41, 5.74) is 33.8. The highest BCUT2D eigenvalue weighted by atomic mass is 16.3. The van der Waals surface area contributed by atoms with E-state index in [-0.39, 0.29) is 0 Å². The number of hydrogen-bond donors (Lipinski definition) is 0. The zero-order valence-electron chi connectivity index (χ0n) is 77.8. The summed E-state index contributed by atoms with van der Waals surface area (Å²) < 4.78 is 43.9. The number of fused-ring (bicyclic) bond motifs is 40. The molecular formula is C130H84N8O4. The fourth-order valence-electron chi connectivity index (χ4n) is 24.3. The topological polar surface area (TPSA) is 92.0 Å². The first-order valence-electron chi connectivity index (χ1n) is 48.5. The van der Waals surface area contributed by atoms with E-state index in [0.717, 1.165) is 111 Å². The third-order valence-electron chi connectivity index (χ3n) is 30.4. The van der Waals surface area contributed by atoms with Crippen molar-refractivity contribution in [3.8, 4) is 28.4 Å². The van der Waals surface area contributed by atoms with E-state index in [9.17, 15) is 0 Å². The van der Waals surface area contributed by atoms with E-state index >= 15 is 0 Å². The van der Waals surface area contributed by atoms with Crippen LogP contribution in [0, 0.1) is 6.92 Å². The summed E-state index contributed by atoms with van der Waals surface area (Å²) in [5, 5.41) is 29.8. The molecule has 12 aromatic heterocycles. The molecule has 0 fully saturated rings. The number of furan rings is 4. The van der Waals surface area contributed by atoms with Crippen LogP contribution in [-0.4, -0.2) is 36.5 Å². The molecule has 0 aliphatic carbocycles. The van der Waals surface area contributed by atoms with Gasteiger partial charge in [0.1, 0.15) is 39.1 Å². The number of hydrogen-bond acceptors (Lipinski definition) is 4. The van der Waals surface area contributed by atoms with Gasteiger partial charge in [-0.3, -0.25) is 0 Å². The predicted octanol–water partition coefficient (Wildman–Crippen LogP) is 35.1. The quantitative estimate of drug-likeness (QED) is 0.172. The fourth-order valence-corrected chi connectivity index (χ4v) is 24.3. The van der Waals surface area contributed by atoms with Crippen molar-refractivity contribution in [1.29, 1.82) is 0 Å². The van der Waals surface area contributed by atoms with Crippen molar-refractivity contribution in [1.82, 2.24) is 36.5 Å². The van der Waals surface area contributed by atoms with E-state index in [1.807, 2.05) is 48.5 Å². The second kappa shape index (κ2) is 30.4. The van der Waals surface area contributed by atoms with Gasteiger partial charge >= 0.3 is 0 Å². The molecular weight excluding hydrogens is 1740 g/mol. The Hall–Kier alpha value is -18.8. The van der Waals surface area contributed by atoms with Crippen LogP contribution in [0.4, 0.5) is 0 Å². The van der Waals surface area contributed by atoms with Gasteiger partial charge in [-0.25, -0.2) is 0 Å². The molecule has 0 atom stereocenters. The molecule has 0 unspecified atom stereocenters. The zero-order valence-corrected chi connectivity index (χ0v) is 77.8. The monoisotopic (exact) mass is 1820 g/mol. The largest absolute Gasteiger partial charge is 0.456 e. The van der Waals surface area contributed by atoms with Gasteiger partial charge in [-0.15, -0.1) is 0 Å². The molecule has 0 amide bonds. The lowest BCUT2D eigenvalue weighted by Crippen LogP contribution is -1.95. The molecule has 33 rings (SSSR count). The maximum absolute atomic E-state index is 6.44. The van der Waals surface area contributed by atoms with Crippen molar-refractivity contribution in [2.24, 2.45) is 21.1 Å². The standard InChI is InChI=1S/C37H24N2O.3C31H20N2O/c1-23-9-8-10-24(21-23)38-30-14-5-2-12-28(30)36-32(38)19-20-33-37(36)29-13-3-6-15-31(29)39(33)25-17-18-27-26-11-4-7-16-34(26)40-35(27)22-25;1-32-23-13-5-2-10-21(23)29-25(32)17-18-26-30(29)22-11-3-6-14-24(22)33(26)27-15-8-12-20-19-9-4-7-16-28(19)34-31(20)27;1-32-24-11-5-2-9-21(24)30-26(32)15-16-27-31(30)22-10-3-6-12-25(22)33(27)19-14-17-29-23(18-19)20-8-4-7-13-28(20)34-29;1-32-24-11-5-2-9-22(24)30-26(32)16-17-27-31(30)23-10-3-6-12-25(23)33(27)19-14-15-21-20-8-4-7-13-28(20)34-29(21)18-19/h2-22H,1H3;3*2-18H,1H3. The molecule has 0 aliphatic rings. The number of aromatic nitrogens is 8. The van der Waals surface area contributed by atoms with E-state index in [1.165, 1.54) is 186 Å². The highest BCUT2D eigenvalue weighted by molar-refractivity contribution is 6.34.